The van der Waals surface area contributed by atoms with Gasteiger partial charge in [-0.3, -0.25) is 4.98 Å². The summed E-state index contributed by atoms with van der Waals surface area (Å²) in [6.07, 6.45) is 1.59. The van der Waals surface area contributed by atoms with Crippen LogP contribution in [-0.2, 0) is 0 Å². The van der Waals surface area contributed by atoms with Crippen molar-refractivity contribution in [3.8, 4) is 5.75 Å². The van der Waals surface area contributed by atoms with Crippen LogP contribution in [-0.4, -0.2) is 21.7 Å². The molecule has 0 saturated heterocycles. The lowest BCUT2D eigenvalue weighted by molar-refractivity contribution is -0.179. The molecule has 0 atom stereocenters. The third-order valence-corrected chi connectivity index (χ3v) is 3.09. The van der Waals surface area contributed by atoms with Crippen molar-refractivity contribution in [3.63, 3.8) is 0 Å². The molecule has 0 fully saturated rings. The first-order valence-corrected chi connectivity index (χ1v) is 5.81. The highest BCUT2D eigenvalue weighted by atomic mass is 127. The third-order valence-electron chi connectivity index (χ3n) is 1.97. The Morgan fingerprint density at radius 3 is 2.88 bits per heavy atom. The molecule has 0 aliphatic heterocycles. The standard InChI is InChI=1S/C10H7ClINO3/c11-6-4-7(12)9(16-10(14)15)8-5(6)2-1-3-13-8/h1-4,10,14-15H. The van der Waals surface area contributed by atoms with E-state index in [0.29, 0.717) is 25.2 Å². The molecule has 0 unspecified atom stereocenters. The predicted octanol–water partition coefficient (Wildman–Crippen LogP) is 2.14. The van der Waals surface area contributed by atoms with Gasteiger partial charge in [-0.05, 0) is 40.8 Å². The van der Waals surface area contributed by atoms with Gasteiger partial charge in [-0.2, -0.15) is 0 Å². The van der Waals surface area contributed by atoms with E-state index in [2.05, 4.69) is 4.98 Å². The first kappa shape index (κ1) is 11.8. The Hall–Kier alpha value is -0.630. The number of benzene rings is 1. The number of halogens is 2. The first-order chi connectivity index (χ1) is 7.59. The third kappa shape index (κ3) is 2.22. The molecule has 4 nitrogen and oxygen atoms in total. The topological polar surface area (TPSA) is 62.6 Å². The fraction of sp³-hybridized carbons (Fsp3) is 0.100. The average molecular weight is 352 g/mol. The Balaban J connectivity index is 2.71. The molecule has 0 amide bonds. The Bertz CT molecular complexity index is 533. The van der Waals surface area contributed by atoms with Crippen molar-refractivity contribution in [3.05, 3.63) is 33.0 Å². The average Bonchev–Trinajstić information content (AvgIpc) is 2.24. The summed E-state index contributed by atoms with van der Waals surface area (Å²) in [6, 6.07) is 5.22. The van der Waals surface area contributed by atoms with Gasteiger partial charge < -0.3 is 14.9 Å². The molecule has 16 heavy (non-hydrogen) atoms. The largest absolute Gasteiger partial charge is 0.438 e. The van der Waals surface area contributed by atoms with E-state index in [-0.39, 0.29) is 0 Å². The number of pyridine rings is 1. The van der Waals surface area contributed by atoms with Crippen LogP contribution in [0.3, 0.4) is 0 Å². The van der Waals surface area contributed by atoms with Crippen LogP contribution in [0.5, 0.6) is 5.75 Å². The summed E-state index contributed by atoms with van der Waals surface area (Å²) in [6.45, 7) is -1.88. The molecule has 2 N–H and O–H groups in total. The van der Waals surface area contributed by atoms with Crippen molar-refractivity contribution in [1.82, 2.24) is 4.98 Å². The zero-order valence-electron chi connectivity index (χ0n) is 7.89. The van der Waals surface area contributed by atoms with Gasteiger partial charge >= 0.3 is 6.48 Å². The fourth-order valence-corrected chi connectivity index (χ4v) is 2.50. The molecule has 1 aromatic heterocycles. The second-order valence-electron chi connectivity index (χ2n) is 3.01. The van der Waals surface area contributed by atoms with Crippen molar-refractivity contribution < 1.29 is 14.9 Å². The minimum Gasteiger partial charge on any atom is -0.438 e. The molecule has 0 aliphatic carbocycles. The van der Waals surface area contributed by atoms with Crippen LogP contribution in [0, 0.1) is 3.57 Å². The van der Waals surface area contributed by atoms with Crippen molar-refractivity contribution >= 4 is 45.1 Å². The summed E-state index contributed by atoms with van der Waals surface area (Å²) in [5.41, 5.74) is 0.507. The van der Waals surface area contributed by atoms with E-state index in [9.17, 15) is 0 Å². The fourth-order valence-electron chi connectivity index (χ4n) is 1.36. The molecule has 6 heteroatoms. The van der Waals surface area contributed by atoms with Crippen LogP contribution in [0.2, 0.25) is 5.02 Å². The number of hydrogen-bond donors (Lipinski definition) is 2. The van der Waals surface area contributed by atoms with Gasteiger partial charge in [0.25, 0.3) is 0 Å². The first-order valence-electron chi connectivity index (χ1n) is 4.35. The molecule has 1 aromatic carbocycles. The summed E-state index contributed by atoms with van der Waals surface area (Å²) >= 11 is 8.04. The maximum absolute atomic E-state index is 8.83. The van der Waals surface area contributed by atoms with Crippen LogP contribution >= 0.6 is 34.2 Å². The number of hydrogen-bond acceptors (Lipinski definition) is 4. The second-order valence-corrected chi connectivity index (χ2v) is 4.58. The number of aromatic nitrogens is 1. The lowest BCUT2D eigenvalue weighted by Gasteiger charge is -2.12. The van der Waals surface area contributed by atoms with E-state index in [1.807, 2.05) is 22.6 Å². The number of aliphatic hydroxyl groups is 2. The Morgan fingerprint density at radius 2 is 2.19 bits per heavy atom. The maximum atomic E-state index is 8.83. The van der Waals surface area contributed by atoms with E-state index < -0.39 is 6.48 Å². The van der Waals surface area contributed by atoms with E-state index in [4.69, 9.17) is 26.6 Å². The minimum absolute atomic E-state index is 0.315. The Labute approximate surface area is 110 Å². The van der Waals surface area contributed by atoms with Gasteiger partial charge in [0.15, 0.2) is 5.75 Å². The summed E-state index contributed by atoms with van der Waals surface area (Å²) in [5.74, 6) is 0.315. The van der Waals surface area contributed by atoms with Gasteiger partial charge in [0.1, 0.15) is 5.52 Å². The summed E-state index contributed by atoms with van der Waals surface area (Å²) in [7, 11) is 0. The van der Waals surface area contributed by atoms with Gasteiger partial charge in [0.2, 0.25) is 0 Å². The highest BCUT2D eigenvalue weighted by Crippen LogP contribution is 2.34. The number of fused-ring (bicyclic) bond motifs is 1. The van der Waals surface area contributed by atoms with E-state index in [0.717, 1.165) is 0 Å². The van der Waals surface area contributed by atoms with Crippen molar-refractivity contribution in [2.45, 2.75) is 6.48 Å². The van der Waals surface area contributed by atoms with E-state index in [1.165, 1.54) is 0 Å². The molecule has 0 aliphatic rings. The maximum Gasteiger partial charge on any atom is 0.310 e. The van der Waals surface area contributed by atoms with E-state index >= 15 is 0 Å². The highest BCUT2D eigenvalue weighted by Gasteiger charge is 2.13. The zero-order chi connectivity index (χ0) is 11.7. The Morgan fingerprint density at radius 1 is 1.44 bits per heavy atom. The van der Waals surface area contributed by atoms with Crippen molar-refractivity contribution in [1.29, 1.82) is 0 Å². The monoisotopic (exact) mass is 351 g/mol. The zero-order valence-corrected chi connectivity index (χ0v) is 10.8. The molecule has 0 radical (unpaired) electrons. The van der Waals surface area contributed by atoms with Crippen molar-refractivity contribution in [2.75, 3.05) is 0 Å². The molecule has 1 heterocycles. The molecule has 84 valence electrons. The predicted molar refractivity (Wildman–Crippen MR) is 68.3 cm³/mol. The van der Waals surface area contributed by atoms with Crippen LogP contribution in [0.15, 0.2) is 24.4 Å². The van der Waals surface area contributed by atoms with Gasteiger partial charge in [-0.1, -0.05) is 11.6 Å². The molecular formula is C10H7ClINO3. The van der Waals surface area contributed by atoms with Gasteiger partial charge in [-0.25, -0.2) is 0 Å². The SMILES string of the molecule is OC(O)Oc1c(I)cc(Cl)c2cccnc12. The second kappa shape index (κ2) is 4.70. The van der Waals surface area contributed by atoms with Gasteiger partial charge in [-0.15, -0.1) is 0 Å². The van der Waals surface area contributed by atoms with Crippen molar-refractivity contribution in [2.24, 2.45) is 0 Å². The van der Waals surface area contributed by atoms with Crippen LogP contribution in [0.4, 0.5) is 0 Å². The molecule has 2 rings (SSSR count). The summed E-state index contributed by atoms with van der Waals surface area (Å²) < 4.78 is 5.56. The number of ether oxygens (including phenoxy) is 1. The quantitative estimate of drug-likeness (QED) is 0.643. The summed E-state index contributed by atoms with van der Waals surface area (Å²) in [5, 5.41) is 18.9. The molecule has 0 bridgehead atoms. The summed E-state index contributed by atoms with van der Waals surface area (Å²) in [4.78, 5) is 4.12. The molecular weight excluding hydrogens is 344 g/mol. The van der Waals surface area contributed by atoms with Gasteiger partial charge in [0, 0.05) is 11.6 Å². The minimum atomic E-state index is -1.88. The number of nitrogens with zero attached hydrogens (tertiary/aromatic N) is 1. The number of rotatable bonds is 2. The Kier molecular flexibility index (Phi) is 3.48. The lowest BCUT2D eigenvalue weighted by atomic mass is 10.2. The highest BCUT2D eigenvalue weighted by molar-refractivity contribution is 14.1. The van der Waals surface area contributed by atoms with E-state index in [1.54, 1.807) is 24.4 Å². The molecule has 0 saturated carbocycles. The molecule has 0 spiro atoms. The number of aliphatic hydroxyl groups excluding tert-OH is 1. The van der Waals surface area contributed by atoms with Crippen LogP contribution < -0.4 is 4.74 Å². The lowest BCUT2D eigenvalue weighted by Crippen LogP contribution is -2.14. The van der Waals surface area contributed by atoms with Crippen LogP contribution in [0.1, 0.15) is 0 Å². The normalized spacial score (nSPS) is 11.1. The smallest absolute Gasteiger partial charge is 0.310 e. The molecule has 2 aromatic rings. The van der Waals surface area contributed by atoms with Gasteiger partial charge in [0.05, 0.1) is 8.59 Å². The van der Waals surface area contributed by atoms with Crippen LogP contribution in [0.25, 0.3) is 10.9 Å².